The molecule has 2 bridgehead atoms. The van der Waals surface area contributed by atoms with Crippen molar-refractivity contribution in [2.45, 2.75) is 62.6 Å². The second-order valence-corrected chi connectivity index (χ2v) is 6.61. The maximum Gasteiger partial charge on any atom is 0.0223 e. The van der Waals surface area contributed by atoms with Crippen molar-refractivity contribution in [2.24, 2.45) is 5.73 Å². The molecule has 3 nitrogen and oxygen atoms in total. The first kappa shape index (κ1) is 11.9. The Labute approximate surface area is 105 Å². The largest absolute Gasteiger partial charge is 0.325 e. The Bertz CT molecular complexity index is 275. The molecule has 1 saturated carbocycles. The zero-order chi connectivity index (χ0) is 11.9. The number of nitrogens with two attached hydrogens (primary N) is 1. The molecule has 2 heterocycles. The number of rotatable bonds is 3. The standard InChI is InChI=1S/C14H27N3/c1-16-12-3-4-13(16)11-17(9-5-12)10-8-14(15)6-2-7-14/h12-13H,2-11,15H2,1H3. The van der Waals surface area contributed by atoms with Gasteiger partial charge in [-0.05, 0) is 65.1 Å². The highest BCUT2D eigenvalue weighted by atomic mass is 15.3. The molecule has 3 fully saturated rings. The van der Waals surface area contributed by atoms with Crippen molar-refractivity contribution in [2.75, 3.05) is 26.7 Å². The molecule has 1 aliphatic carbocycles. The smallest absolute Gasteiger partial charge is 0.0223 e. The summed E-state index contributed by atoms with van der Waals surface area (Å²) < 4.78 is 0. The zero-order valence-corrected chi connectivity index (χ0v) is 11.2. The number of fused-ring (bicyclic) bond motifs is 2. The minimum absolute atomic E-state index is 0.206. The monoisotopic (exact) mass is 237 g/mol. The molecule has 2 aliphatic heterocycles. The van der Waals surface area contributed by atoms with Crippen molar-refractivity contribution in [3.8, 4) is 0 Å². The van der Waals surface area contributed by atoms with Crippen LogP contribution in [0.1, 0.15) is 44.9 Å². The second kappa shape index (κ2) is 4.52. The van der Waals surface area contributed by atoms with Crippen molar-refractivity contribution in [3.63, 3.8) is 0 Å². The number of likely N-dealkylation sites (N-methyl/N-ethyl adjacent to an activating group) is 1. The maximum atomic E-state index is 6.33. The molecule has 98 valence electrons. The highest BCUT2D eigenvalue weighted by molar-refractivity contribution is 4.95. The molecule has 17 heavy (non-hydrogen) atoms. The van der Waals surface area contributed by atoms with Crippen molar-refractivity contribution in [3.05, 3.63) is 0 Å². The van der Waals surface area contributed by atoms with Gasteiger partial charge in [-0.3, -0.25) is 4.90 Å². The third-order valence-corrected chi connectivity index (χ3v) is 5.51. The Hall–Kier alpha value is -0.120. The van der Waals surface area contributed by atoms with Gasteiger partial charge in [0.15, 0.2) is 0 Å². The Balaban J connectivity index is 1.51. The highest BCUT2D eigenvalue weighted by Gasteiger charge is 2.36. The molecule has 0 aromatic carbocycles. The van der Waals surface area contributed by atoms with E-state index < -0.39 is 0 Å². The summed E-state index contributed by atoms with van der Waals surface area (Å²) in [5.41, 5.74) is 6.53. The van der Waals surface area contributed by atoms with Crippen LogP contribution in [0, 0.1) is 0 Å². The van der Waals surface area contributed by atoms with Crippen LogP contribution in [0.3, 0.4) is 0 Å². The van der Waals surface area contributed by atoms with Crippen LogP contribution in [0.4, 0.5) is 0 Å². The van der Waals surface area contributed by atoms with Crippen LogP contribution >= 0.6 is 0 Å². The Morgan fingerprint density at radius 2 is 1.94 bits per heavy atom. The molecule has 0 radical (unpaired) electrons. The molecule has 0 spiro atoms. The molecular formula is C14H27N3. The van der Waals surface area contributed by atoms with E-state index in [4.69, 9.17) is 5.73 Å². The average Bonchev–Trinajstić information content (AvgIpc) is 2.50. The molecule has 0 amide bonds. The first-order valence-corrected chi connectivity index (χ1v) is 7.39. The molecule has 3 rings (SSSR count). The predicted octanol–water partition coefficient (Wildman–Crippen LogP) is 1.43. The fourth-order valence-corrected chi connectivity index (χ4v) is 3.84. The van der Waals surface area contributed by atoms with Crippen LogP contribution < -0.4 is 5.73 Å². The quantitative estimate of drug-likeness (QED) is 0.806. The number of hydrogen-bond acceptors (Lipinski definition) is 3. The summed E-state index contributed by atoms with van der Waals surface area (Å²) in [7, 11) is 2.32. The van der Waals surface area contributed by atoms with Crippen LogP contribution in [0.15, 0.2) is 0 Å². The summed E-state index contributed by atoms with van der Waals surface area (Å²) in [5, 5.41) is 0. The van der Waals surface area contributed by atoms with E-state index >= 15 is 0 Å². The third-order valence-electron chi connectivity index (χ3n) is 5.51. The van der Waals surface area contributed by atoms with Gasteiger partial charge in [0.25, 0.3) is 0 Å². The second-order valence-electron chi connectivity index (χ2n) is 6.61. The summed E-state index contributed by atoms with van der Waals surface area (Å²) in [5.74, 6) is 0. The van der Waals surface area contributed by atoms with E-state index in [1.807, 2.05) is 0 Å². The maximum absolute atomic E-state index is 6.33. The molecule has 2 atom stereocenters. The Morgan fingerprint density at radius 1 is 1.18 bits per heavy atom. The molecule has 2 N–H and O–H groups in total. The van der Waals surface area contributed by atoms with Crippen molar-refractivity contribution >= 4 is 0 Å². The van der Waals surface area contributed by atoms with E-state index in [1.165, 1.54) is 64.6 Å². The van der Waals surface area contributed by atoms with Gasteiger partial charge in [-0.1, -0.05) is 0 Å². The van der Waals surface area contributed by atoms with E-state index in [0.717, 1.165) is 12.1 Å². The SMILES string of the molecule is CN1C2CCC1CN(CCC1(N)CCC1)CC2. The fourth-order valence-electron chi connectivity index (χ4n) is 3.84. The molecule has 0 aromatic rings. The zero-order valence-electron chi connectivity index (χ0n) is 11.2. The van der Waals surface area contributed by atoms with Crippen LogP contribution in [0.5, 0.6) is 0 Å². The number of likely N-dealkylation sites (tertiary alicyclic amines) is 1. The Morgan fingerprint density at radius 3 is 2.65 bits per heavy atom. The van der Waals surface area contributed by atoms with Gasteiger partial charge in [0, 0.05) is 24.2 Å². The first-order valence-electron chi connectivity index (χ1n) is 7.39. The molecular weight excluding hydrogens is 210 g/mol. The summed E-state index contributed by atoms with van der Waals surface area (Å²) in [6.45, 7) is 3.80. The van der Waals surface area contributed by atoms with Gasteiger partial charge < -0.3 is 10.6 Å². The van der Waals surface area contributed by atoms with Crippen LogP contribution in [-0.2, 0) is 0 Å². The normalized spacial score (nSPS) is 37.8. The minimum atomic E-state index is 0.206. The number of hydrogen-bond donors (Lipinski definition) is 1. The van der Waals surface area contributed by atoms with E-state index in [1.54, 1.807) is 0 Å². The highest BCUT2D eigenvalue weighted by Crippen LogP contribution is 2.33. The van der Waals surface area contributed by atoms with Crippen molar-refractivity contribution < 1.29 is 0 Å². The predicted molar refractivity (Wildman–Crippen MR) is 71.0 cm³/mol. The molecule has 0 aromatic heterocycles. The lowest BCUT2D eigenvalue weighted by atomic mass is 9.75. The van der Waals surface area contributed by atoms with Gasteiger partial charge in [-0.2, -0.15) is 0 Å². The number of nitrogens with zero attached hydrogens (tertiary/aromatic N) is 2. The fraction of sp³-hybridized carbons (Fsp3) is 1.00. The summed E-state index contributed by atoms with van der Waals surface area (Å²) in [6, 6.07) is 1.68. The van der Waals surface area contributed by atoms with Crippen LogP contribution in [0.2, 0.25) is 0 Å². The lowest BCUT2D eigenvalue weighted by Gasteiger charge is -2.40. The average molecular weight is 237 g/mol. The van der Waals surface area contributed by atoms with E-state index in [9.17, 15) is 0 Å². The van der Waals surface area contributed by atoms with Crippen molar-refractivity contribution in [1.29, 1.82) is 0 Å². The van der Waals surface area contributed by atoms with Crippen LogP contribution in [-0.4, -0.2) is 54.1 Å². The van der Waals surface area contributed by atoms with Gasteiger partial charge in [0.2, 0.25) is 0 Å². The summed E-state index contributed by atoms with van der Waals surface area (Å²) >= 11 is 0. The topological polar surface area (TPSA) is 32.5 Å². The van der Waals surface area contributed by atoms with Gasteiger partial charge >= 0.3 is 0 Å². The summed E-state index contributed by atoms with van der Waals surface area (Å²) in [4.78, 5) is 5.30. The van der Waals surface area contributed by atoms with Gasteiger partial charge in [-0.15, -0.1) is 0 Å². The van der Waals surface area contributed by atoms with Crippen LogP contribution in [0.25, 0.3) is 0 Å². The van der Waals surface area contributed by atoms with E-state index in [0.29, 0.717) is 0 Å². The van der Waals surface area contributed by atoms with Crippen molar-refractivity contribution in [1.82, 2.24) is 9.80 Å². The summed E-state index contributed by atoms with van der Waals surface area (Å²) in [6.07, 6.45) is 9.28. The lowest BCUT2D eigenvalue weighted by molar-refractivity contribution is 0.169. The van der Waals surface area contributed by atoms with Gasteiger partial charge in [0.05, 0.1) is 0 Å². The molecule has 2 saturated heterocycles. The lowest BCUT2D eigenvalue weighted by Crippen LogP contribution is -2.49. The minimum Gasteiger partial charge on any atom is -0.325 e. The Kier molecular flexibility index (Phi) is 3.18. The molecule has 3 heteroatoms. The third kappa shape index (κ3) is 2.38. The van der Waals surface area contributed by atoms with E-state index in [-0.39, 0.29) is 5.54 Å². The first-order chi connectivity index (χ1) is 8.16. The van der Waals surface area contributed by atoms with E-state index in [2.05, 4.69) is 16.8 Å². The van der Waals surface area contributed by atoms with Gasteiger partial charge in [-0.25, -0.2) is 0 Å². The molecule has 3 aliphatic rings. The molecule has 2 unspecified atom stereocenters. The van der Waals surface area contributed by atoms with Gasteiger partial charge in [0.1, 0.15) is 0 Å².